The number of halogens is 1. The predicted octanol–water partition coefficient (Wildman–Crippen LogP) is 4.16. The highest BCUT2D eigenvalue weighted by Gasteiger charge is 2.29. The molecule has 1 aliphatic rings. The SMILES string of the molecule is CN(C(=O)c1ccc(Cl)s1)C1CCc2ccccc21. The van der Waals surface area contributed by atoms with Crippen molar-refractivity contribution in [2.75, 3.05) is 7.05 Å². The molecule has 19 heavy (non-hydrogen) atoms. The van der Waals surface area contributed by atoms with Crippen molar-refractivity contribution in [2.24, 2.45) is 0 Å². The molecule has 2 nitrogen and oxygen atoms in total. The Morgan fingerprint density at radius 1 is 1.32 bits per heavy atom. The number of carbonyl (C=O) groups excluding carboxylic acids is 1. The summed E-state index contributed by atoms with van der Waals surface area (Å²) in [7, 11) is 1.88. The van der Waals surface area contributed by atoms with Crippen LogP contribution in [0.4, 0.5) is 0 Å². The second kappa shape index (κ2) is 4.99. The highest BCUT2D eigenvalue weighted by molar-refractivity contribution is 7.17. The first-order chi connectivity index (χ1) is 9.16. The van der Waals surface area contributed by atoms with Gasteiger partial charge in [-0.3, -0.25) is 4.79 Å². The minimum atomic E-state index is 0.0543. The normalized spacial score (nSPS) is 17.3. The Hall–Kier alpha value is -1.32. The number of hydrogen-bond donors (Lipinski definition) is 0. The summed E-state index contributed by atoms with van der Waals surface area (Å²) in [5, 5.41) is 0. The van der Waals surface area contributed by atoms with Crippen molar-refractivity contribution in [3.05, 3.63) is 56.7 Å². The maximum atomic E-state index is 12.4. The molecule has 98 valence electrons. The maximum absolute atomic E-state index is 12.4. The Balaban J connectivity index is 1.86. The number of carbonyl (C=O) groups is 1. The van der Waals surface area contributed by atoms with E-state index in [0.29, 0.717) is 9.21 Å². The van der Waals surface area contributed by atoms with Crippen LogP contribution in [0.3, 0.4) is 0 Å². The third-order valence-electron chi connectivity index (χ3n) is 3.67. The summed E-state index contributed by atoms with van der Waals surface area (Å²) in [6.45, 7) is 0. The van der Waals surface area contributed by atoms with Crippen LogP contribution in [0.1, 0.15) is 33.3 Å². The van der Waals surface area contributed by atoms with Gasteiger partial charge in [0.15, 0.2) is 0 Å². The molecule has 0 saturated heterocycles. The topological polar surface area (TPSA) is 20.3 Å². The number of amides is 1. The molecule has 4 heteroatoms. The number of fused-ring (bicyclic) bond motifs is 1. The summed E-state index contributed by atoms with van der Waals surface area (Å²) in [6, 6.07) is 12.1. The van der Waals surface area contributed by atoms with Gasteiger partial charge in [-0.25, -0.2) is 0 Å². The second-order valence-electron chi connectivity index (χ2n) is 4.77. The molecule has 2 aromatic rings. The molecule has 0 saturated carbocycles. The Morgan fingerprint density at radius 2 is 2.11 bits per heavy atom. The number of benzene rings is 1. The first kappa shape index (κ1) is 12.7. The van der Waals surface area contributed by atoms with E-state index in [0.717, 1.165) is 12.8 Å². The van der Waals surface area contributed by atoms with Gasteiger partial charge in [0.2, 0.25) is 0 Å². The van der Waals surface area contributed by atoms with Crippen molar-refractivity contribution in [2.45, 2.75) is 18.9 Å². The summed E-state index contributed by atoms with van der Waals surface area (Å²) in [5.41, 5.74) is 2.64. The monoisotopic (exact) mass is 291 g/mol. The van der Waals surface area contributed by atoms with Crippen molar-refractivity contribution >= 4 is 28.8 Å². The lowest BCUT2D eigenvalue weighted by Crippen LogP contribution is -2.29. The Bertz CT molecular complexity index is 622. The van der Waals surface area contributed by atoms with Gasteiger partial charge in [-0.1, -0.05) is 35.9 Å². The van der Waals surface area contributed by atoms with E-state index >= 15 is 0 Å². The van der Waals surface area contributed by atoms with Gasteiger partial charge in [0.05, 0.1) is 15.3 Å². The lowest BCUT2D eigenvalue weighted by molar-refractivity contribution is 0.0735. The fourth-order valence-corrected chi connectivity index (χ4v) is 3.71. The van der Waals surface area contributed by atoms with Crippen LogP contribution in [0.5, 0.6) is 0 Å². The van der Waals surface area contributed by atoms with Gasteiger partial charge in [0.25, 0.3) is 5.91 Å². The molecule has 1 aliphatic carbocycles. The molecule has 0 spiro atoms. The lowest BCUT2D eigenvalue weighted by atomic mass is 10.1. The standard InChI is InChI=1S/C15H14ClNOS/c1-17(15(18)13-8-9-14(16)19-13)12-7-6-10-4-2-3-5-11(10)12/h2-5,8-9,12H,6-7H2,1H3. The summed E-state index contributed by atoms with van der Waals surface area (Å²) >= 11 is 7.24. The smallest absolute Gasteiger partial charge is 0.264 e. The zero-order valence-corrected chi connectivity index (χ0v) is 12.2. The first-order valence-corrected chi connectivity index (χ1v) is 7.46. The van der Waals surface area contributed by atoms with Crippen molar-refractivity contribution < 1.29 is 4.79 Å². The molecule has 1 aromatic carbocycles. The van der Waals surface area contributed by atoms with Crippen molar-refractivity contribution in [1.29, 1.82) is 0 Å². The largest absolute Gasteiger partial charge is 0.334 e. The highest BCUT2D eigenvalue weighted by Crippen LogP contribution is 2.36. The third kappa shape index (κ3) is 2.28. The van der Waals surface area contributed by atoms with Crippen LogP contribution in [0.2, 0.25) is 4.34 Å². The van der Waals surface area contributed by atoms with Gasteiger partial charge >= 0.3 is 0 Å². The van der Waals surface area contributed by atoms with Gasteiger partial charge < -0.3 is 4.90 Å². The molecule has 0 aliphatic heterocycles. The number of rotatable bonds is 2. The van der Waals surface area contributed by atoms with E-state index < -0.39 is 0 Å². The summed E-state index contributed by atoms with van der Waals surface area (Å²) in [5.74, 6) is 0.0543. The number of aryl methyl sites for hydroxylation is 1. The van der Waals surface area contributed by atoms with Gasteiger partial charge in [0.1, 0.15) is 0 Å². The molecular weight excluding hydrogens is 278 g/mol. The van der Waals surface area contributed by atoms with Crippen LogP contribution in [-0.4, -0.2) is 17.9 Å². The summed E-state index contributed by atoms with van der Waals surface area (Å²) < 4.78 is 0.656. The molecular formula is C15H14ClNOS. The van der Waals surface area contributed by atoms with Crippen LogP contribution in [0, 0.1) is 0 Å². The van der Waals surface area contributed by atoms with Crippen LogP contribution >= 0.6 is 22.9 Å². The van der Waals surface area contributed by atoms with Crippen molar-refractivity contribution in [1.82, 2.24) is 4.90 Å². The van der Waals surface area contributed by atoms with Crippen LogP contribution < -0.4 is 0 Å². The number of nitrogens with zero attached hydrogens (tertiary/aromatic N) is 1. The van der Waals surface area contributed by atoms with Gasteiger partial charge in [-0.05, 0) is 36.1 Å². The first-order valence-electron chi connectivity index (χ1n) is 6.27. The average Bonchev–Trinajstić information content (AvgIpc) is 3.03. The van der Waals surface area contributed by atoms with E-state index in [1.54, 1.807) is 12.1 Å². The van der Waals surface area contributed by atoms with Crippen LogP contribution in [0.25, 0.3) is 0 Å². The second-order valence-corrected chi connectivity index (χ2v) is 6.49. The molecule has 0 fully saturated rings. The lowest BCUT2D eigenvalue weighted by Gasteiger charge is -2.25. The predicted molar refractivity (Wildman–Crippen MR) is 78.9 cm³/mol. The minimum absolute atomic E-state index is 0.0543. The third-order valence-corrected chi connectivity index (χ3v) is 4.89. The molecule has 0 N–H and O–H groups in total. The summed E-state index contributed by atoms with van der Waals surface area (Å²) in [6.07, 6.45) is 2.05. The zero-order valence-electron chi connectivity index (χ0n) is 10.6. The molecule has 1 unspecified atom stereocenters. The van der Waals surface area contributed by atoms with E-state index in [1.807, 2.05) is 18.0 Å². The van der Waals surface area contributed by atoms with E-state index in [-0.39, 0.29) is 11.9 Å². The Morgan fingerprint density at radius 3 is 2.84 bits per heavy atom. The molecule has 3 rings (SSSR count). The number of thiophene rings is 1. The molecule has 0 bridgehead atoms. The van der Waals surface area contributed by atoms with E-state index in [4.69, 9.17) is 11.6 Å². The van der Waals surface area contributed by atoms with Crippen molar-refractivity contribution in [3.8, 4) is 0 Å². The van der Waals surface area contributed by atoms with Crippen LogP contribution in [0.15, 0.2) is 36.4 Å². The van der Waals surface area contributed by atoms with E-state index in [2.05, 4.69) is 18.2 Å². The minimum Gasteiger partial charge on any atom is -0.334 e. The zero-order chi connectivity index (χ0) is 13.4. The molecule has 0 radical (unpaired) electrons. The molecule has 1 heterocycles. The molecule has 1 amide bonds. The summed E-state index contributed by atoms with van der Waals surface area (Å²) in [4.78, 5) is 15.0. The molecule has 1 aromatic heterocycles. The van der Waals surface area contributed by atoms with Gasteiger partial charge in [-0.15, -0.1) is 11.3 Å². The van der Waals surface area contributed by atoms with Crippen LogP contribution in [-0.2, 0) is 6.42 Å². The Kier molecular flexibility index (Phi) is 3.33. The number of hydrogen-bond acceptors (Lipinski definition) is 2. The fourth-order valence-electron chi connectivity index (χ4n) is 2.68. The van der Waals surface area contributed by atoms with Crippen molar-refractivity contribution in [3.63, 3.8) is 0 Å². The molecule has 1 atom stereocenters. The van der Waals surface area contributed by atoms with Gasteiger partial charge in [-0.2, -0.15) is 0 Å². The maximum Gasteiger partial charge on any atom is 0.264 e. The van der Waals surface area contributed by atoms with Gasteiger partial charge in [0, 0.05) is 7.05 Å². The fraction of sp³-hybridized carbons (Fsp3) is 0.267. The quantitative estimate of drug-likeness (QED) is 0.813. The van der Waals surface area contributed by atoms with E-state index in [1.165, 1.54) is 22.5 Å². The average molecular weight is 292 g/mol. The Labute approximate surface area is 121 Å². The highest BCUT2D eigenvalue weighted by atomic mass is 35.5. The van der Waals surface area contributed by atoms with E-state index in [9.17, 15) is 4.79 Å².